The number of aromatic nitrogens is 2. The molecule has 124 valence electrons. The maximum Gasteiger partial charge on any atom is 0.326 e. The minimum Gasteiger partial charge on any atom is -0.480 e. The highest BCUT2D eigenvalue weighted by molar-refractivity contribution is 5.98. The summed E-state index contributed by atoms with van der Waals surface area (Å²) in [6.45, 7) is 7.32. The zero-order valence-electron chi connectivity index (χ0n) is 13.7. The van der Waals surface area contributed by atoms with Crippen molar-refractivity contribution in [3.63, 3.8) is 0 Å². The van der Waals surface area contributed by atoms with Crippen LogP contribution in [0, 0.1) is 20.8 Å². The molecule has 0 saturated carbocycles. The Kier molecular flexibility index (Phi) is 4.88. The summed E-state index contributed by atoms with van der Waals surface area (Å²) in [6, 6.07) is 2.61. The largest absolute Gasteiger partial charge is 0.480 e. The average Bonchev–Trinajstić information content (AvgIpc) is 3.01. The average molecular weight is 319 g/mol. The van der Waals surface area contributed by atoms with Crippen LogP contribution in [-0.4, -0.2) is 32.7 Å². The third kappa shape index (κ3) is 3.44. The fourth-order valence-corrected chi connectivity index (χ4v) is 2.59. The van der Waals surface area contributed by atoms with E-state index in [4.69, 9.17) is 9.63 Å². The van der Waals surface area contributed by atoms with Gasteiger partial charge < -0.3 is 14.9 Å². The Hall–Kier alpha value is -2.57. The molecule has 2 N–H and O–H groups in total. The van der Waals surface area contributed by atoms with Gasteiger partial charge in [0.2, 0.25) is 0 Å². The highest BCUT2D eigenvalue weighted by atomic mass is 16.5. The van der Waals surface area contributed by atoms with Crippen LogP contribution in [0.3, 0.4) is 0 Å². The zero-order chi connectivity index (χ0) is 17.1. The molecule has 2 heterocycles. The minimum atomic E-state index is -1.03. The van der Waals surface area contributed by atoms with Crippen molar-refractivity contribution in [3.05, 3.63) is 34.8 Å². The van der Waals surface area contributed by atoms with Crippen molar-refractivity contribution < 1.29 is 19.2 Å². The monoisotopic (exact) mass is 319 g/mol. The number of nitrogens with zero attached hydrogens (tertiary/aromatic N) is 2. The van der Waals surface area contributed by atoms with E-state index in [0.29, 0.717) is 35.7 Å². The van der Waals surface area contributed by atoms with E-state index in [-0.39, 0.29) is 0 Å². The topological polar surface area (TPSA) is 97.4 Å². The van der Waals surface area contributed by atoms with E-state index in [2.05, 4.69) is 10.5 Å². The second kappa shape index (κ2) is 6.68. The zero-order valence-corrected chi connectivity index (χ0v) is 13.7. The molecule has 0 radical (unpaired) electrons. The molecule has 0 fully saturated rings. The van der Waals surface area contributed by atoms with Crippen molar-refractivity contribution in [2.75, 3.05) is 0 Å². The van der Waals surface area contributed by atoms with Gasteiger partial charge >= 0.3 is 5.97 Å². The molecule has 23 heavy (non-hydrogen) atoms. The van der Waals surface area contributed by atoms with Gasteiger partial charge in [0.15, 0.2) is 5.82 Å². The summed E-state index contributed by atoms with van der Waals surface area (Å²) in [5, 5.41) is 15.7. The van der Waals surface area contributed by atoms with Crippen LogP contribution >= 0.6 is 0 Å². The van der Waals surface area contributed by atoms with Crippen LogP contribution in [0.25, 0.3) is 5.82 Å². The van der Waals surface area contributed by atoms with Crippen LogP contribution in [0.5, 0.6) is 0 Å². The maximum atomic E-state index is 12.4. The molecule has 7 nitrogen and oxygen atoms in total. The summed E-state index contributed by atoms with van der Waals surface area (Å²) in [4.78, 5) is 23.6. The number of aliphatic carboxylic acids is 1. The Bertz CT molecular complexity index is 730. The van der Waals surface area contributed by atoms with Crippen LogP contribution in [0.2, 0.25) is 0 Å². The van der Waals surface area contributed by atoms with E-state index < -0.39 is 17.9 Å². The van der Waals surface area contributed by atoms with Crippen molar-refractivity contribution in [2.24, 2.45) is 0 Å². The second-order valence-corrected chi connectivity index (χ2v) is 5.57. The standard InChI is InChI=1S/C16H21N3O4/c1-5-6-13(16(21)22)17-15(20)12-7-9(2)19(11(12)4)14-8-10(3)23-18-14/h7-8,13H,5-6H2,1-4H3,(H,17,20)(H,21,22)/t13-/m1/s1. The first-order valence-corrected chi connectivity index (χ1v) is 7.51. The molecular weight excluding hydrogens is 298 g/mol. The van der Waals surface area contributed by atoms with Crippen LogP contribution in [0.4, 0.5) is 0 Å². The highest BCUT2D eigenvalue weighted by Crippen LogP contribution is 2.21. The molecule has 0 saturated heterocycles. The quantitative estimate of drug-likeness (QED) is 0.852. The van der Waals surface area contributed by atoms with E-state index in [1.165, 1.54) is 0 Å². The number of amides is 1. The summed E-state index contributed by atoms with van der Waals surface area (Å²) in [7, 11) is 0. The Balaban J connectivity index is 2.30. The second-order valence-electron chi connectivity index (χ2n) is 5.57. The molecular formula is C16H21N3O4. The smallest absolute Gasteiger partial charge is 0.326 e. The number of carbonyl (C=O) groups excluding carboxylic acids is 1. The molecule has 1 amide bonds. The first-order valence-electron chi connectivity index (χ1n) is 7.51. The minimum absolute atomic E-state index is 0.391. The van der Waals surface area contributed by atoms with Gasteiger partial charge in [-0.3, -0.25) is 9.36 Å². The lowest BCUT2D eigenvalue weighted by Crippen LogP contribution is -2.40. The molecule has 0 aliphatic rings. The number of carboxylic acids is 1. The van der Waals surface area contributed by atoms with Gasteiger partial charge in [0.05, 0.1) is 5.56 Å². The van der Waals surface area contributed by atoms with Gasteiger partial charge in [-0.25, -0.2) is 4.79 Å². The summed E-state index contributed by atoms with van der Waals surface area (Å²) >= 11 is 0. The number of rotatable bonds is 6. The number of aryl methyl sites for hydroxylation is 2. The number of carbonyl (C=O) groups is 2. The van der Waals surface area contributed by atoms with Crippen LogP contribution in [-0.2, 0) is 4.79 Å². The van der Waals surface area contributed by atoms with Gasteiger partial charge in [-0.15, -0.1) is 0 Å². The predicted molar refractivity (Wildman–Crippen MR) is 83.8 cm³/mol. The molecule has 2 rings (SSSR count). The summed E-state index contributed by atoms with van der Waals surface area (Å²) in [5.41, 5.74) is 1.95. The van der Waals surface area contributed by atoms with E-state index in [1.54, 1.807) is 30.5 Å². The summed E-state index contributed by atoms with van der Waals surface area (Å²) in [6.07, 6.45) is 1.07. The normalized spacial score (nSPS) is 12.2. The molecule has 2 aromatic rings. The van der Waals surface area contributed by atoms with Gasteiger partial charge in [0.1, 0.15) is 11.8 Å². The van der Waals surface area contributed by atoms with Crippen molar-refractivity contribution in [1.29, 1.82) is 0 Å². The molecule has 0 aromatic carbocycles. The number of nitrogens with one attached hydrogen (secondary N) is 1. The van der Waals surface area contributed by atoms with Crippen molar-refractivity contribution in [3.8, 4) is 5.82 Å². The van der Waals surface area contributed by atoms with E-state index >= 15 is 0 Å². The maximum absolute atomic E-state index is 12.4. The van der Waals surface area contributed by atoms with Gasteiger partial charge in [-0.1, -0.05) is 18.5 Å². The summed E-state index contributed by atoms with van der Waals surface area (Å²) < 4.78 is 6.88. The number of carboxylic acid groups (broad SMARTS) is 1. The molecule has 0 bridgehead atoms. The molecule has 0 aliphatic carbocycles. The predicted octanol–water partition coefficient (Wildman–Crippen LogP) is 2.37. The SMILES string of the molecule is CCC[C@@H](NC(=O)c1cc(C)n(-c2cc(C)on2)c1C)C(=O)O. The Labute approximate surface area is 134 Å². The lowest BCUT2D eigenvalue weighted by Gasteiger charge is -2.13. The van der Waals surface area contributed by atoms with Crippen molar-refractivity contribution in [2.45, 2.75) is 46.6 Å². The number of hydrogen-bond donors (Lipinski definition) is 2. The first kappa shape index (κ1) is 16.8. The fraction of sp³-hybridized carbons (Fsp3) is 0.438. The van der Waals surface area contributed by atoms with Gasteiger partial charge in [0.25, 0.3) is 5.91 Å². The fourth-order valence-electron chi connectivity index (χ4n) is 2.59. The summed E-state index contributed by atoms with van der Waals surface area (Å²) in [5.74, 6) is -0.154. The molecule has 1 atom stereocenters. The van der Waals surface area contributed by atoms with Crippen LogP contribution in [0.1, 0.15) is 47.3 Å². The molecule has 0 aliphatic heterocycles. The lowest BCUT2D eigenvalue weighted by atomic mass is 10.1. The highest BCUT2D eigenvalue weighted by Gasteiger charge is 2.23. The Morgan fingerprint density at radius 3 is 2.57 bits per heavy atom. The Morgan fingerprint density at radius 1 is 1.35 bits per heavy atom. The first-order chi connectivity index (χ1) is 10.8. The van der Waals surface area contributed by atoms with Crippen LogP contribution < -0.4 is 5.32 Å². The van der Waals surface area contributed by atoms with Gasteiger partial charge in [-0.05, 0) is 33.3 Å². The molecule has 0 unspecified atom stereocenters. The van der Waals surface area contributed by atoms with Crippen LogP contribution in [0.15, 0.2) is 16.7 Å². The van der Waals surface area contributed by atoms with Gasteiger partial charge in [0, 0.05) is 17.5 Å². The van der Waals surface area contributed by atoms with E-state index in [9.17, 15) is 9.59 Å². The molecule has 2 aromatic heterocycles. The van der Waals surface area contributed by atoms with Crippen molar-refractivity contribution >= 4 is 11.9 Å². The van der Waals surface area contributed by atoms with Gasteiger partial charge in [-0.2, -0.15) is 0 Å². The van der Waals surface area contributed by atoms with Crippen molar-refractivity contribution in [1.82, 2.24) is 15.0 Å². The van der Waals surface area contributed by atoms with E-state index in [1.807, 2.05) is 13.8 Å². The lowest BCUT2D eigenvalue weighted by molar-refractivity contribution is -0.139. The molecule has 0 spiro atoms. The number of hydrogen-bond acceptors (Lipinski definition) is 4. The third-order valence-electron chi connectivity index (χ3n) is 3.70. The molecule has 7 heteroatoms. The Morgan fingerprint density at radius 2 is 2.04 bits per heavy atom. The van der Waals surface area contributed by atoms with E-state index in [0.717, 1.165) is 5.69 Å². The third-order valence-corrected chi connectivity index (χ3v) is 3.70.